The Morgan fingerprint density at radius 1 is 0.974 bits per heavy atom. The van der Waals surface area contributed by atoms with Gasteiger partial charge in [0.1, 0.15) is 17.2 Å². The Kier molecular flexibility index (Phi) is 8.95. The van der Waals surface area contributed by atoms with Gasteiger partial charge in [-0.25, -0.2) is 4.79 Å². The summed E-state index contributed by atoms with van der Waals surface area (Å²) in [6.45, 7) is 4.41. The second-order valence-corrected chi connectivity index (χ2v) is 9.33. The van der Waals surface area contributed by atoms with Crippen LogP contribution in [0.25, 0.3) is 17.2 Å². The monoisotopic (exact) mass is 527 g/mol. The third-order valence-corrected chi connectivity index (χ3v) is 6.62. The highest BCUT2D eigenvalue weighted by atomic mass is 32.1. The van der Waals surface area contributed by atoms with Crippen LogP contribution in [0, 0.1) is 6.92 Å². The summed E-state index contributed by atoms with van der Waals surface area (Å²) in [6, 6.07) is 23.2. The number of benzene rings is 3. The zero-order chi connectivity index (χ0) is 26.9. The summed E-state index contributed by atoms with van der Waals surface area (Å²) in [7, 11) is 1.57. The molecular formula is C31H29NO5S. The molecule has 7 heteroatoms. The van der Waals surface area contributed by atoms with Gasteiger partial charge in [-0.3, -0.25) is 4.79 Å². The van der Waals surface area contributed by atoms with Crippen LogP contribution in [0.15, 0.2) is 84.3 Å². The van der Waals surface area contributed by atoms with Gasteiger partial charge in [-0.2, -0.15) is 0 Å². The van der Waals surface area contributed by atoms with Crippen LogP contribution in [0.5, 0.6) is 11.5 Å². The summed E-state index contributed by atoms with van der Waals surface area (Å²) in [5, 5.41) is 5.13. The van der Waals surface area contributed by atoms with E-state index in [2.05, 4.69) is 5.32 Å². The Bertz CT molecular complexity index is 1420. The summed E-state index contributed by atoms with van der Waals surface area (Å²) >= 11 is 1.29. The standard InChI is InChI=1S/C31H29NO5S/c1-4-36-31(34)29-25(24-14-10-21(2)11-15-24)20-38-30(29)32-28(33)17-13-22-12-16-26(27(18-22)35-3)37-19-23-8-6-5-7-9-23/h5-18,20H,4,19H2,1-3H3,(H,32,33)/b17-13+. The van der Waals surface area contributed by atoms with Gasteiger partial charge in [0.2, 0.25) is 5.91 Å². The Balaban J connectivity index is 1.48. The maximum Gasteiger partial charge on any atom is 0.341 e. The lowest BCUT2D eigenvalue weighted by atomic mass is 10.0. The van der Waals surface area contributed by atoms with Crippen LogP contribution in [0.1, 0.15) is 34.0 Å². The summed E-state index contributed by atoms with van der Waals surface area (Å²) in [4.78, 5) is 25.6. The molecule has 0 saturated heterocycles. The topological polar surface area (TPSA) is 73.9 Å². The van der Waals surface area contributed by atoms with Crippen molar-refractivity contribution in [3.8, 4) is 22.6 Å². The molecule has 0 atom stereocenters. The Morgan fingerprint density at radius 2 is 1.74 bits per heavy atom. The van der Waals surface area contributed by atoms with Crippen molar-refractivity contribution >= 4 is 34.3 Å². The fraction of sp³-hybridized carbons (Fsp3) is 0.161. The number of carbonyl (C=O) groups is 2. The molecule has 4 aromatic rings. The molecule has 0 spiro atoms. The Hall–Kier alpha value is -4.36. The molecule has 0 aliphatic carbocycles. The number of ether oxygens (including phenoxy) is 3. The first-order chi connectivity index (χ1) is 18.5. The van der Waals surface area contributed by atoms with Crippen LogP contribution in [0.2, 0.25) is 0 Å². The number of nitrogens with one attached hydrogen (secondary N) is 1. The number of thiophene rings is 1. The van der Waals surface area contributed by atoms with Gasteiger partial charge < -0.3 is 19.5 Å². The van der Waals surface area contributed by atoms with E-state index in [0.29, 0.717) is 28.7 Å². The SMILES string of the molecule is CCOC(=O)c1c(-c2ccc(C)cc2)csc1NC(=O)/C=C/c1ccc(OCc2ccccc2)c(OC)c1. The first-order valence-electron chi connectivity index (χ1n) is 12.2. The van der Waals surface area contributed by atoms with E-state index < -0.39 is 5.97 Å². The predicted molar refractivity (Wildman–Crippen MR) is 152 cm³/mol. The van der Waals surface area contributed by atoms with Gasteiger partial charge in [-0.15, -0.1) is 11.3 Å². The van der Waals surface area contributed by atoms with Gasteiger partial charge in [-0.05, 0) is 48.7 Å². The highest BCUT2D eigenvalue weighted by molar-refractivity contribution is 7.15. The molecule has 38 heavy (non-hydrogen) atoms. The van der Waals surface area contributed by atoms with Gasteiger partial charge in [0, 0.05) is 17.0 Å². The van der Waals surface area contributed by atoms with Gasteiger partial charge >= 0.3 is 5.97 Å². The average Bonchev–Trinajstić information content (AvgIpc) is 3.35. The van der Waals surface area contributed by atoms with Crippen molar-refractivity contribution in [1.29, 1.82) is 0 Å². The molecule has 1 heterocycles. The molecular weight excluding hydrogens is 498 g/mol. The second kappa shape index (κ2) is 12.7. The molecule has 0 aliphatic rings. The van der Waals surface area contributed by atoms with Crippen molar-refractivity contribution in [3.05, 3.63) is 107 Å². The number of esters is 1. The number of hydrogen-bond donors (Lipinski definition) is 1. The van der Waals surface area contributed by atoms with Crippen LogP contribution in [-0.2, 0) is 16.1 Å². The maximum atomic E-state index is 12.8. The minimum Gasteiger partial charge on any atom is -0.493 e. The van der Waals surface area contributed by atoms with Gasteiger partial charge in [0.15, 0.2) is 11.5 Å². The third kappa shape index (κ3) is 6.69. The molecule has 0 saturated carbocycles. The van der Waals surface area contributed by atoms with E-state index in [1.54, 1.807) is 26.2 Å². The highest BCUT2D eigenvalue weighted by Crippen LogP contribution is 2.36. The molecule has 194 valence electrons. The minimum atomic E-state index is -0.473. The third-order valence-electron chi connectivity index (χ3n) is 5.72. The molecule has 0 fully saturated rings. The molecule has 0 aliphatic heterocycles. The number of carbonyl (C=O) groups excluding carboxylic acids is 2. The van der Waals surface area contributed by atoms with Crippen LogP contribution < -0.4 is 14.8 Å². The smallest absolute Gasteiger partial charge is 0.341 e. The van der Waals surface area contributed by atoms with Gasteiger partial charge in [0.25, 0.3) is 0 Å². The van der Waals surface area contributed by atoms with E-state index in [0.717, 1.165) is 27.8 Å². The first kappa shape index (κ1) is 26.7. The zero-order valence-electron chi connectivity index (χ0n) is 21.5. The van der Waals surface area contributed by atoms with E-state index in [4.69, 9.17) is 14.2 Å². The highest BCUT2D eigenvalue weighted by Gasteiger charge is 2.22. The molecule has 1 amide bonds. The molecule has 1 N–H and O–H groups in total. The molecule has 6 nitrogen and oxygen atoms in total. The number of methoxy groups -OCH3 is 1. The van der Waals surface area contributed by atoms with Crippen molar-refractivity contribution in [1.82, 2.24) is 0 Å². The van der Waals surface area contributed by atoms with Crippen molar-refractivity contribution in [3.63, 3.8) is 0 Å². The lowest BCUT2D eigenvalue weighted by Gasteiger charge is -2.11. The second-order valence-electron chi connectivity index (χ2n) is 8.45. The van der Waals surface area contributed by atoms with Gasteiger partial charge in [-0.1, -0.05) is 66.2 Å². The molecule has 0 unspecified atom stereocenters. The molecule has 0 bridgehead atoms. The summed E-state index contributed by atoms with van der Waals surface area (Å²) < 4.78 is 16.7. The van der Waals surface area contributed by atoms with Crippen LogP contribution >= 0.6 is 11.3 Å². The number of rotatable bonds is 10. The maximum absolute atomic E-state index is 12.8. The van der Waals surface area contributed by atoms with Gasteiger partial charge in [0.05, 0.1) is 13.7 Å². The Labute approximate surface area is 226 Å². The van der Waals surface area contributed by atoms with Crippen molar-refractivity contribution in [2.75, 3.05) is 19.0 Å². The Morgan fingerprint density at radius 3 is 2.45 bits per heavy atom. The summed E-state index contributed by atoms with van der Waals surface area (Å²) in [5.74, 6) is 0.337. The van der Waals surface area contributed by atoms with Crippen LogP contribution in [0.4, 0.5) is 5.00 Å². The van der Waals surface area contributed by atoms with Crippen LogP contribution in [-0.4, -0.2) is 25.6 Å². The molecule has 3 aromatic carbocycles. The number of aryl methyl sites for hydroxylation is 1. The van der Waals surface area contributed by atoms with E-state index >= 15 is 0 Å². The van der Waals surface area contributed by atoms with Crippen molar-refractivity contribution in [2.24, 2.45) is 0 Å². The quantitative estimate of drug-likeness (QED) is 0.175. The molecule has 1 aromatic heterocycles. The van der Waals surface area contributed by atoms with E-state index in [9.17, 15) is 9.59 Å². The summed E-state index contributed by atoms with van der Waals surface area (Å²) in [5.41, 5.74) is 4.89. The number of hydrogen-bond acceptors (Lipinski definition) is 6. The molecule has 4 rings (SSSR count). The van der Waals surface area contributed by atoms with Crippen LogP contribution in [0.3, 0.4) is 0 Å². The predicted octanol–water partition coefficient (Wildman–Crippen LogP) is 7.14. The van der Waals surface area contributed by atoms with E-state index in [-0.39, 0.29) is 12.5 Å². The van der Waals surface area contributed by atoms with Crippen molar-refractivity contribution in [2.45, 2.75) is 20.5 Å². The van der Waals surface area contributed by atoms with E-state index in [1.807, 2.05) is 79.0 Å². The summed E-state index contributed by atoms with van der Waals surface area (Å²) in [6.07, 6.45) is 3.09. The lowest BCUT2D eigenvalue weighted by molar-refractivity contribution is -0.111. The average molecular weight is 528 g/mol. The lowest BCUT2D eigenvalue weighted by Crippen LogP contribution is -2.12. The number of amides is 1. The first-order valence-corrected chi connectivity index (χ1v) is 13.1. The largest absolute Gasteiger partial charge is 0.493 e. The van der Waals surface area contributed by atoms with E-state index in [1.165, 1.54) is 17.4 Å². The zero-order valence-corrected chi connectivity index (χ0v) is 22.3. The molecule has 0 radical (unpaired) electrons. The minimum absolute atomic E-state index is 0.238. The normalized spacial score (nSPS) is 10.8. The fourth-order valence-corrected chi connectivity index (χ4v) is 4.73. The number of anilines is 1. The fourth-order valence-electron chi connectivity index (χ4n) is 3.77. The van der Waals surface area contributed by atoms with Crippen molar-refractivity contribution < 1.29 is 23.8 Å².